The zero-order valence-electron chi connectivity index (χ0n) is 16.0. The third-order valence-electron chi connectivity index (χ3n) is 4.82. The summed E-state index contributed by atoms with van der Waals surface area (Å²) >= 11 is 0. The maximum Gasteiger partial charge on any atom is 0.269 e. The zero-order chi connectivity index (χ0) is 20.1. The van der Waals surface area contributed by atoms with Crippen LogP contribution in [-0.2, 0) is 9.53 Å². The molecule has 1 atom stereocenters. The highest BCUT2D eigenvalue weighted by Crippen LogP contribution is 2.30. The molecule has 148 valence electrons. The van der Waals surface area contributed by atoms with E-state index >= 15 is 0 Å². The SMILES string of the molecule is CC1(C)COC(c2ccccc2)CN1C(=O)CCOc1ccc([N+](=O)[O-])cc1. The number of nitro groups is 1. The average molecular weight is 384 g/mol. The molecule has 1 heterocycles. The molecular weight excluding hydrogens is 360 g/mol. The fraction of sp³-hybridized carbons (Fsp3) is 0.381. The lowest BCUT2D eigenvalue weighted by Gasteiger charge is -2.45. The van der Waals surface area contributed by atoms with Gasteiger partial charge in [-0.1, -0.05) is 30.3 Å². The van der Waals surface area contributed by atoms with Crippen LogP contribution in [0.5, 0.6) is 5.75 Å². The molecule has 3 rings (SSSR count). The molecule has 2 aromatic carbocycles. The number of nitro benzene ring substituents is 1. The van der Waals surface area contributed by atoms with Gasteiger partial charge in [0, 0.05) is 12.1 Å². The van der Waals surface area contributed by atoms with E-state index in [1.54, 1.807) is 0 Å². The molecule has 0 bridgehead atoms. The van der Waals surface area contributed by atoms with Gasteiger partial charge in [-0.05, 0) is 31.5 Å². The molecule has 7 heteroatoms. The number of rotatable bonds is 6. The highest BCUT2D eigenvalue weighted by molar-refractivity contribution is 5.77. The highest BCUT2D eigenvalue weighted by Gasteiger charge is 2.38. The lowest BCUT2D eigenvalue weighted by atomic mass is 9.97. The molecule has 0 saturated carbocycles. The first-order chi connectivity index (χ1) is 13.4. The maximum absolute atomic E-state index is 12.8. The van der Waals surface area contributed by atoms with Crippen LogP contribution >= 0.6 is 0 Å². The first-order valence-electron chi connectivity index (χ1n) is 9.21. The van der Waals surface area contributed by atoms with Crippen LogP contribution in [0.2, 0.25) is 0 Å². The number of benzene rings is 2. The lowest BCUT2D eigenvalue weighted by Crippen LogP contribution is -2.56. The van der Waals surface area contributed by atoms with E-state index < -0.39 is 10.5 Å². The summed E-state index contributed by atoms with van der Waals surface area (Å²) in [6, 6.07) is 15.7. The minimum Gasteiger partial charge on any atom is -0.493 e. The van der Waals surface area contributed by atoms with Gasteiger partial charge in [-0.15, -0.1) is 0 Å². The second-order valence-corrected chi connectivity index (χ2v) is 7.38. The van der Waals surface area contributed by atoms with Gasteiger partial charge >= 0.3 is 0 Å². The second-order valence-electron chi connectivity index (χ2n) is 7.38. The Morgan fingerprint density at radius 3 is 2.54 bits per heavy atom. The van der Waals surface area contributed by atoms with Crippen LogP contribution in [0.4, 0.5) is 5.69 Å². The second kappa shape index (κ2) is 8.39. The fourth-order valence-electron chi connectivity index (χ4n) is 3.21. The van der Waals surface area contributed by atoms with Gasteiger partial charge in [0.1, 0.15) is 11.9 Å². The van der Waals surface area contributed by atoms with Crippen molar-refractivity contribution >= 4 is 11.6 Å². The third kappa shape index (κ3) is 4.67. The van der Waals surface area contributed by atoms with Crippen molar-refractivity contribution in [3.8, 4) is 5.75 Å². The van der Waals surface area contributed by atoms with Crippen LogP contribution in [0.15, 0.2) is 54.6 Å². The first-order valence-corrected chi connectivity index (χ1v) is 9.21. The van der Waals surface area contributed by atoms with Crippen LogP contribution in [0, 0.1) is 10.1 Å². The predicted molar refractivity (Wildman–Crippen MR) is 104 cm³/mol. The summed E-state index contributed by atoms with van der Waals surface area (Å²) < 4.78 is 11.6. The molecule has 2 aromatic rings. The van der Waals surface area contributed by atoms with Gasteiger partial charge in [0.25, 0.3) is 5.69 Å². The van der Waals surface area contributed by atoms with Gasteiger partial charge in [-0.2, -0.15) is 0 Å². The monoisotopic (exact) mass is 384 g/mol. The van der Waals surface area contributed by atoms with E-state index in [9.17, 15) is 14.9 Å². The molecule has 1 fully saturated rings. The summed E-state index contributed by atoms with van der Waals surface area (Å²) in [5.41, 5.74) is 0.666. The summed E-state index contributed by atoms with van der Waals surface area (Å²) in [7, 11) is 0. The van der Waals surface area contributed by atoms with Gasteiger partial charge in [-0.25, -0.2) is 0 Å². The number of carbonyl (C=O) groups is 1. The van der Waals surface area contributed by atoms with E-state index in [4.69, 9.17) is 9.47 Å². The molecule has 7 nitrogen and oxygen atoms in total. The van der Waals surface area contributed by atoms with Crippen molar-refractivity contribution in [3.05, 3.63) is 70.3 Å². The molecule has 0 N–H and O–H groups in total. The van der Waals surface area contributed by atoms with Crippen molar-refractivity contribution in [2.75, 3.05) is 19.8 Å². The van der Waals surface area contributed by atoms with Crippen LogP contribution in [0.1, 0.15) is 31.9 Å². The lowest BCUT2D eigenvalue weighted by molar-refractivity contribution is -0.384. The molecule has 1 unspecified atom stereocenters. The van der Waals surface area contributed by atoms with E-state index in [-0.39, 0.29) is 30.7 Å². The summed E-state index contributed by atoms with van der Waals surface area (Å²) in [6.45, 7) is 5.14. The van der Waals surface area contributed by atoms with Gasteiger partial charge < -0.3 is 14.4 Å². The first kappa shape index (κ1) is 19.8. The summed E-state index contributed by atoms with van der Waals surface area (Å²) in [4.78, 5) is 24.9. The molecule has 1 saturated heterocycles. The Morgan fingerprint density at radius 2 is 1.89 bits per heavy atom. The molecule has 28 heavy (non-hydrogen) atoms. The average Bonchev–Trinajstić information content (AvgIpc) is 2.68. The Morgan fingerprint density at radius 1 is 1.21 bits per heavy atom. The van der Waals surface area contributed by atoms with Gasteiger partial charge in [0.15, 0.2) is 0 Å². The number of amides is 1. The van der Waals surface area contributed by atoms with E-state index in [0.29, 0.717) is 18.9 Å². The van der Waals surface area contributed by atoms with Crippen molar-refractivity contribution in [2.45, 2.75) is 31.9 Å². The van der Waals surface area contributed by atoms with Crippen molar-refractivity contribution < 1.29 is 19.2 Å². The number of morpholine rings is 1. The standard InChI is InChI=1S/C21H24N2O5/c1-21(2)15-28-19(16-6-4-3-5-7-16)14-22(21)20(24)12-13-27-18-10-8-17(9-11-18)23(25)26/h3-11,19H,12-15H2,1-2H3. The Kier molecular flexibility index (Phi) is 5.94. The van der Waals surface area contributed by atoms with Crippen molar-refractivity contribution in [1.29, 1.82) is 0 Å². The Labute approximate surface area is 164 Å². The quantitative estimate of drug-likeness (QED) is 0.560. The van der Waals surface area contributed by atoms with Crippen molar-refractivity contribution in [1.82, 2.24) is 4.90 Å². The summed E-state index contributed by atoms with van der Waals surface area (Å²) in [5.74, 6) is 0.498. The topological polar surface area (TPSA) is 81.9 Å². The van der Waals surface area contributed by atoms with Gasteiger partial charge in [-0.3, -0.25) is 14.9 Å². The summed E-state index contributed by atoms with van der Waals surface area (Å²) in [5, 5.41) is 10.7. The maximum atomic E-state index is 12.8. The van der Waals surface area contributed by atoms with Crippen LogP contribution in [0.25, 0.3) is 0 Å². The van der Waals surface area contributed by atoms with Crippen molar-refractivity contribution in [3.63, 3.8) is 0 Å². The van der Waals surface area contributed by atoms with Crippen molar-refractivity contribution in [2.24, 2.45) is 0 Å². The minimum atomic E-state index is -0.461. The Bertz CT molecular complexity index is 820. The van der Waals surface area contributed by atoms with Crippen LogP contribution in [0.3, 0.4) is 0 Å². The van der Waals surface area contributed by atoms with E-state index in [0.717, 1.165) is 5.56 Å². The molecule has 1 amide bonds. The molecule has 0 spiro atoms. The zero-order valence-corrected chi connectivity index (χ0v) is 16.0. The van der Waals surface area contributed by atoms with Gasteiger partial charge in [0.05, 0.1) is 36.6 Å². The number of hydrogen-bond acceptors (Lipinski definition) is 5. The number of hydrogen-bond donors (Lipinski definition) is 0. The number of non-ortho nitro benzene ring substituents is 1. The number of nitrogens with zero attached hydrogens (tertiary/aromatic N) is 2. The fourth-order valence-corrected chi connectivity index (χ4v) is 3.21. The minimum absolute atomic E-state index is 0.00357. The van der Waals surface area contributed by atoms with Crippen LogP contribution in [-0.4, -0.2) is 41.0 Å². The molecule has 0 aromatic heterocycles. The van der Waals surface area contributed by atoms with Gasteiger partial charge in [0.2, 0.25) is 5.91 Å². The Balaban J connectivity index is 1.57. The molecular formula is C21H24N2O5. The largest absolute Gasteiger partial charge is 0.493 e. The van der Waals surface area contributed by atoms with E-state index in [2.05, 4.69) is 0 Å². The normalized spacial score (nSPS) is 18.5. The summed E-state index contributed by atoms with van der Waals surface area (Å²) in [6.07, 6.45) is 0.0795. The molecule has 0 aliphatic carbocycles. The molecule has 1 aliphatic heterocycles. The Hall–Kier alpha value is -2.93. The van der Waals surface area contributed by atoms with E-state index in [1.807, 2.05) is 49.1 Å². The third-order valence-corrected chi connectivity index (χ3v) is 4.82. The molecule has 1 aliphatic rings. The van der Waals surface area contributed by atoms with Crippen LogP contribution < -0.4 is 4.74 Å². The highest BCUT2D eigenvalue weighted by atomic mass is 16.6. The smallest absolute Gasteiger partial charge is 0.269 e. The molecule has 0 radical (unpaired) electrons. The van der Waals surface area contributed by atoms with E-state index in [1.165, 1.54) is 24.3 Å². The predicted octanol–water partition coefficient (Wildman–Crippen LogP) is 3.74. The number of ether oxygens (including phenoxy) is 2. The number of carbonyl (C=O) groups excluding carboxylic acids is 1.